The van der Waals surface area contributed by atoms with Crippen molar-refractivity contribution in [2.45, 2.75) is 98.4 Å². The number of aliphatic imine (C=N–C) groups is 1. The lowest BCUT2D eigenvalue weighted by Gasteiger charge is -2.38. The maximum Gasteiger partial charge on any atom is 0.302 e. The highest BCUT2D eigenvalue weighted by molar-refractivity contribution is 6.33. The third-order valence-electron chi connectivity index (χ3n) is 11.0. The summed E-state index contributed by atoms with van der Waals surface area (Å²) < 4.78 is 29.3. The molecule has 3 heterocycles. The number of hydrogen-bond donors (Lipinski definition) is 4. The third-order valence-corrected chi connectivity index (χ3v) is 11.0. The first-order valence-corrected chi connectivity index (χ1v) is 18.8. The zero-order chi connectivity index (χ0) is 41.8. The lowest BCUT2D eigenvalue weighted by atomic mass is 9.78. The van der Waals surface area contributed by atoms with Crippen molar-refractivity contribution >= 4 is 29.2 Å². The van der Waals surface area contributed by atoms with Crippen LogP contribution in [-0.4, -0.2) is 103 Å². The van der Waals surface area contributed by atoms with E-state index >= 15 is 0 Å². The maximum atomic E-state index is 14.2. The molecule has 0 saturated heterocycles. The number of ether oxygens (including phenoxy) is 5. The number of esters is 1. The van der Waals surface area contributed by atoms with Gasteiger partial charge in [-0.05, 0) is 26.7 Å². The average Bonchev–Trinajstić information content (AvgIpc) is 3.43. The van der Waals surface area contributed by atoms with Gasteiger partial charge in [0, 0.05) is 68.4 Å². The number of hydrogen-bond acceptors (Lipinski definition) is 13. The molecule has 9 atom stereocenters. The number of benzene rings is 1. The van der Waals surface area contributed by atoms with E-state index in [1.807, 2.05) is 19.1 Å². The lowest BCUT2D eigenvalue weighted by Crippen LogP contribution is -2.46. The Hall–Kier alpha value is -4.63. The number of phenolic OH excluding ortho intramolecular Hbond substituents is 1. The molecule has 56 heavy (non-hydrogen) atoms. The number of aliphatic hydroxyl groups excluding tert-OH is 2. The topological polar surface area (TPSA) is 200 Å². The van der Waals surface area contributed by atoms with E-state index in [2.05, 4.69) is 10.3 Å². The highest BCUT2D eigenvalue weighted by Crippen LogP contribution is 2.48. The van der Waals surface area contributed by atoms with Crippen molar-refractivity contribution in [1.82, 2.24) is 5.32 Å². The number of allylic oxidation sites excluding steroid dienone is 5. The molecule has 1 aromatic carbocycles. The predicted molar refractivity (Wildman–Crippen MR) is 207 cm³/mol. The largest absolute Gasteiger partial charge is 0.507 e. The molecular formula is C42H56N2O12. The van der Waals surface area contributed by atoms with Crippen molar-refractivity contribution < 1.29 is 58.2 Å². The number of nitrogens with zero attached hydrogens (tertiary/aromatic N) is 1. The summed E-state index contributed by atoms with van der Waals surface area (Å²) in [7, 11) is 4.26. The molecule has 4 N–H and O–H groups in total. The number of fused-ring (bicyclic) bond motifs is 17. The molecule has 0 spiro atoms. The van der Waals surface area contributed by atoms with Crippen molar-refractivity contribution in [3.8, 4) is 11.5 Å². The second kappa shape index (κ2) is 18.1. The van der Waals surface area contributed by atoms with Gasteiger partial charge in [0.2, 0.25) is 11.6 Å². The molecule has 4 aliphatic rings. The number of phenols is 1. The Morgan fingerprint density at radius 1 is 0.982 bits per heavy atom. The van der Waals surface area contributed by atoms with E-state index < -0.39 is 83.1 Å². The third kappa shape index (κ3) is 8.53. The molecular weight excluding hydrogens is 724 g/mol. The van der Waals surface area contributed by atoms with Crippen molar-refractivity contribution in [2.75, 3.05) is 27.9 Å². The van der Waals surface area contributed by atoms with Crippen molar-refractivity contribution in [2.24, 2.45) is 28.7 Å². The van der Waals surface area contributed by atoms with E-state index in [-0.39, 0.29) is 57.4 Å². The molecule has 306 valence electrons. The van der Waals surface area contributed by atoms with Crippen LogP contribution in [0.2, 0.25) is 0 Å². The predicted octanol–water partition coefficient (Wildman–Crippen LogP) is 4.66. The number of amides is 1. The highest BCUT2D eigenvalue weighted by Gasteiger charge is 2.52. The van der Waals surface area contributed by atoms with Crippen LogP contribution in [-0.2, 0) is 28.5 Å². The summed E-state index contributed by atoms with van der Waals surface area (Å²) in [6.45, 7) is 13.0. The van der Waals surface area contributed by atoms with Gasteiger partial charge in [-0.3, -0.25) is 24.2 Å². The van der Waals surface area contributed by atoms with Gasteiger partial charge in [0.25, 0.3) is 11.7 Å². The fraction of sp³-hybridized carbons (Fsp3) is 0.548. The van der Waals surface area contributed by atoms with Crippen LogP contribution in [0.5, 0.6) is 11.5 Å². The van der Waals surface area contributed by atoms with Crippen molar-refractivity contribution in [1.29, 1.82) is 0 Å². The normalized spacial score (nSPS) is 33.7. The number of methoxy groups -OCH3 is 2. The van der Waals surface area contributed by atoms with Gasteiger partial charge in [0.15, 0.2) is 5.76 Å². The summed E-state index contributed by atoms with van der Waals surface area (Å²) in [6, 6.07) is 0. The van der Waals surface area contributed by atoms with Gasteiger partial charge in [0.05, 0.1) is 43.2 Å². The van der Waals surface area contributed by atoms with Crippen LogP contribution in [0.4, 0.5) is 0 Å². The van der Waals surface area contributed by atoms with E-state index in [4.69, 9.17) is 23.7 Å². The minimum atomic E-state index is -1.80. The van der Waals surface area contributed by atoms with Gasteiger partial charge in [-0.15, -0.1) is 0 Å². The van der Waals surface area contributed by atoms with Crippen molar-refractivity contribution in [3.05, 3.63) is 69.7 Å². The number of aliphatic hydroxyl groups is 2. The summed E-state index contributed by atoms with van der Waals surface area (Å²) in [5.74, 6) is -7.01. The molecule has 14 heteroatoms. The summed E-state index contributed by atoms with van der Waals surface area (Å²) >= 11 is 0. The molecule has 5 bridgehead atoms. The van der Waals surface area contributed by atoms with Crippen LogP contribution in [0.3, 0.4) is 0 Å². The molecule has 0 aromatic heterocycles. The lowest BCUT2D eigenvalue weighted by molar-refractivity contribution is -0.160. The number of carbonyl (C=O) groups is 4. The summed E-state index contributed by atoms with van der Waals surface area (Å²) in [5, 5.41) is 36.8. The number of rotatable bonds is 3. The number of aromatic hydroxyl groups is 1. The summed E-state index contributed by atoms with van der Waals surface area (Å²) in [6.07, 6.45) is 6.11. The second-order valence-electron chi connectivity index (χ2n) is 14.9. The molecule has 1 aliphatic carbocycles. The number of Topliss-reactive ketones (excluding diaryl/α,β-unsaturated/α-hetero) is 2. The van der Waals surface area contributed by atoms with Gasteiger partial charge in [-0.25, -0.2) is 0 Å². The molecule has 1 amide bonds. The molecule has 14 nitrogen and oxygen atoms in total. The smallest absolute Gasteiger partial charge is 0.302 e. The van der Waals surface area contributed by atoms with E-state index in [0.717, 1.165) is 0 Å². The van der Waals surface area contributed by atoms with Gasteiger partial charge < -0.3 is 44.3 Å². The standard InChI is InChI=1S/C42H56N2O12/c1-20-16-15-17-21(2)41(51)44-32-36(49)29-28(31(43-9)39(32)53-11)30-38(25(6)35(29)48)56-42(8,40(30)50)54-19-14-12-13-18-27(52-10)22(3)37(55-26(7)45)24(5)34(47)23(4)33(20)46/h13,15-18,20,22-24,27,33-34,37,46-48H,12,14,19H2,1-11H3,(H,44,51)/b16-15+,18-13+,21-17-,43-31?/t20-,22+,23+,24+,27-,33-,34+,37+,42-/m0/s1. The molecule has 3 aliphatic heterocycles. The number of ketones is 2. The first-order chi connectivity index (χ1) is 26.4. The molecule has 0 unspecified atom stereocenters. The van der Waals surface area contributed by atoms with Crippen molar-refractivity contribution in [3.63, 3.8) is 0 Å². The Bertz CT molecular complexity index is 1880. The summed E-state index contributed by atoms with van der Waals surface area (Å²) in [5.41, 5.74) is -0.170. The van der Waals surface area contributed by atoms with Gasteiger partial charge in [-0.2, -0.15) is 0 Å². The number of nitrogens with one attached hydrogen (secondary N) is 1. The van der Waals surface area contributed by atoms with Crippen LogP contribution < -0.4 is 10.1 Å². The van der Waals surface area contributed by atoms with Crippen LogP contribution in [0, 0.1) is 30.6 Å². The summed E-state index contributed by atoms with van der Waals surface area (Å²) in [4.78, 5) is 58.4. The van der Waals surface area contributed by atoms with E-state index in [1.165, 1.54) is 55.0 Å². The molecule has 5 rings (SSSR count). The first-order valence-electron chi connectivity index (χ1n) is 18.8. The van der Waals surface area contributed by atoms with Crippen LogP contribution in [0.15, 0.2) is 52.4 Å². The Balaban J connectivity index is 1.79. The Kier molecular flexibility index (Phi) is 14.2. The fourth-order valence-electron chi connectivity index (χ4n) is 7.56. The van der Waals surface area contributed by atoms with Gasteiger partial charge in [-0.1, -0.05) is 58.1 Å². The van der Waals surface area contributed by atoms with Crippen LogP contribution in [0.1, 0.15) is 93.2 Å². The van der Waals surface area contributed by atoms with E-state index in [0.29, 0.717) is 12.8 Å². The highest BCUT2D eigenvalue weighted by atomic mass is 16.7. The van der Waals surface area contributed by atoms with Crippen LogP contribution >= 0.6 is 0 Å². The average molecular weight is 781 g/mol. The van der Waals surface area contributed by atoms with E-state index in [9.17, 15) is 34.5 Å². The Morgan fingerprint density at radius 3 is 2.27 bits per heavy atom. The SMILES string of the molecule is CN=C1C(OC)=C2NC(=O)/C(C)=C\C=C\[C@H](C)[C@H](O)[C@@H](C)[C@@H](O)[C@@H](C)[C@H](OC(C)=O)[C@H](C)[C@@H](OC)/C=C/CCCO[C@@]3(C)Oc4c(C)c(O)c(c1c4C3=O)C2=O. The quantitative estimate of drug-likeness (QED) is 0.245. The zero-order valence-corrected chi connectivity index (χ0v) is 34.1. The molecule has 0 radical (unpaired) electrons. The second-order valence-corrected chi connectivity index (χ2v) is 14.9. The minimum Gasteiger partial charge on any atom is -0.507 e. The van der Waals surface area contributed by atoms with Crippen LogP contribution in [0.25, 0.3) is 0 Å². The molecule has 0 fully saturated rings. The zero-order valence-electron chi connectivity index (χ0n) is 34.1. The Morgan fingerprint density at radius 2 is 1.66 bits per heavy atom. The van der Waals surface area contributed by atoms with E-state index in [1.54, 1.807) is 32.9 Å². The monoisotopic (exact) mass is 780 g/mol. The number of carbonyl (C=O) groups excluding carboxylic acids is 4. The molecule has 1 aromatic rings. The molecule has 0 saturated carbocycles. The fourth-order valence-corrected chi connectivity index (χ4v) is 7.56. The maximum absolute atomic E-state index is 14.2. The van der Waals surface area contributed by atoms with Gasteiger partial charge in [0.1, 0.15) is 29.0 Å². The Labute approximate surface area is 328 Å². The van der Waals surface area contributed by atoms with Gasteiger partial charge >= 0.3 is 5.97 Å². The minimum absolute atomic E-state index is 0.00521. The first kappa shape index (κ1) is 44.1.